The van der Waals surface area contributed by atoms with Gasteiger partial charge in [0.15, 0.2) is 0 Å². The molecule has 0 aliphatic heterocycles. The van der Waals surface area contributed by atoms with Crippen LogP contribution in [-0.4, -0.2) is 38.7 Å². The molecule has 0 bridgehead atoms. The van der Waals surface area contributed by atoms with E-state index in [0.29, 0.717) is 6.61 Å². The van der Waals surface area contributed by atoms with E-state index in [2.05, 4.69) is 0 Å². The lowest BCUT2D eigenvalue weighted by atomic mass is 9.84. The summed E-state index contributed by atoms with van der Waals surface area (Å²) in [5.41, 5.74) is 1.03. The molecule has 0 aliphatic carbocycles. The molecule has 24 heavy (non-hydrogen) atoms. The average Bonchev–Trinajstić information content (AvgIpc) is 2.62. The zero-order valence-electron chi connectivity index (χ0n) is 15.1. The van der Waals surface area contributed by atoms with Gasteiger partial charge in [-0.3, -0.25) is 4.79 Å². The van der Waals surface area contributed by atoms with Crippen molar-refractivity contribution in [1.29, 1.82) is 0 Å². The lowest BCUT2D eigenvalue weighted by Crippen LogP contribution is -2.43. The van der Waals surface area contributed by atoms with Gasteiger partial charge in [-0.25, -0.2) is 0 Å². The number of hydrogen-bond donors (Lipinski definition) is 0. The summed E-state index contributed by atoms with van der Waals surface area (Å²) in [5, 5.41) is 0. The lowest BCUT2D eigenvalue weighted by Gasteiger charge is -2.34. The summed E-state index contributed by atoms with van der Waals surface area (Å²) < 4.78 is 16.4. The first-order valence-electron chi connectivity index (χ1n) is 8.17. The first kappa shape index (κ1) is 20.3. The number of rotatable bonds is 10. The average molecular weight is 336 g/mol. The Labute approximate surface area is 144 Å². The molecule has 0 N–H and O–H groups in total. The first-order valence-corrected chi connectivity index (χ1v) is 8.17. The van der Waals surface area contributed by atoms with E-state index in [1.165, 1.54) is 7.11 Å². The van der Waals surface area contributed by atoms with E-state index in [0.717, 1.165) is 11.8 Å². The molecule has 0 heterocycles. The van der Waals surface area contributed by atoms with Crippen LogP contribution in [0.1, 0.15) is 26.3 Å². The smallest absolute Gasteiger partial charge is 0.311 e. The molecule has 0 aromatic heterocycles. The molecule has 5 nitrogen and oxygen atoms in total. The Morgan fingerprint density at radius 1 is 1.08 bits per heavy atom. The monoisotopic (exact) mass is 336 g/mol. The van der Waals surface area contributed by atoms with Gasteiger partial charge in [0.05, 0.1) is 31.8 Å². The Balaban J connectivity index is 2.88. The van der Waals surface area contributed by atoms with Crippen LogP contribution >= 0.6 is 0 Å². The van der Waals surface area contributed by atoms with E-state index in [9.17, 15) is 9.59 Å². The van der Waals surface area contributed by atoms with Crippen molar-refractivity contribution in [1.82, 2.24) is 0 Å². The minimum Gasteiger partial charge on any atom is -0.469 e. The molecule has 0 spiro atoms. The van der Waals surface area contributed by atoms with Gasteiger partial charge < -0.3 is 19.0 Å². The maximum absolute atomic E-state index is 11.8. The summed E-state index contributed by atoms with van der Waals surface area (Å²) in [5.74, 6) is -1.26. The number of carbonyl (C=O) groups excluding carboxylic acids is 2. The SMILES string of the molecule is COC(=O)[C@@H](C)[C@H](OC)[C@H](C)[C@@H](OCc1ccccc1)[C@H](C)C=O. The van der Waals surface area contributed by atoms with Gasteiger partial charge in [0, 0.05) is 18.9 Å². The third-order valence-electron chi connectivity index (χ3n) is 4.39. The van der Waals surface area contributed by atoms with E-state index in [1.807, 2.05) is 44.2 Å². The fourth-order valence-electron chi connectivity index (χ4n) is 3.01. The Morgan fingerprint density at radius 3 is 2.21 bits per heavy atom. The van der Waals surface area contributed by atoms with Crippen molar-refractivity contribution in [2.75, 3.05) is 14.2 Å². The van der Waals surface area contributed by atoms with Crippen molar-refractivity contribution in [2.45, 2.75) is 39.6 Å². The van der Waals surface area contributed by atoms with Gasteiger partial charge >= 0.3 is 5.97 Å². The third kappa shape index (κ3) is 5.42. The second-order valence-electron chi connectivity index (χ2n) is 6.13. The summed E-state index contributed by atoms with van der Waals surface area (Å²) in [6, 6.07) is 9.77. The predicted molar refractivity (Wildman–Crippen MR) is 91.4 cm³/mol. The van der Waals surface area contributed by atoms with Crippen molar-refractivity contribution in [3.63, 3.8) is 0 Å². The number of aldehydes is 1. The van der Waals surface area contributed by atoms with Crippen LogP contribution in [0, 0.1) is 17.8 Å². The summed E-state index contributed by atoms with van der Waals surface area (Å²) in [6.45, 7) is 5.91. The summed E-state index contributed by atoms with van der Waals surface area (Å²) in [4.78, 5) is 23.2. The third-order valence-corrected chi connectivity index (χ3v) is 4.39. The van der Waals surface area contributed by atoms with E-state index >= 15 is 0 Å². The summed E-state index contributed by atoms with van der Waals surface area (Å²) in [7, 11) is 2.91. The van der Waals surface area contributed by atoms with E-state index < -0.39 is 12.0 Å². The van der Waals surface area contributed by atoms with Crippen LogP contribution < -0.4 is 0 Å². The number of benzene rings is 1. The second-order valence-corrected chi connectivity index (χ2v) is 6.13. The number of methoxy groups -OCH3 is 2. The second kappa shape index (κ2) is 10.2. The van der Waals surface area contributed by atoms with Crippen LogP contribution in [0.2, 0.25) is 0 Å². The minimum absolute atomic E-state index is 0.159. The molecular formula is C19H28O5. The van der Waals surface area contributed by atoms with Crippen molar-refractivity contribution in [3.05, 3.63) is 35.9 Å². The number of esters is 1. The lowest BCUT2D eigenvalue weighted by molar-refractivity contribution is -0.155. The molecule has 0 radical (unpaired) electrons. The van der Waals surface area contributed by atoms with Crippen LogP contribution in [-0.2, 0) is 30.4 Å². The normalized spacial score (nSPS) is 17.4. The van der Waals surface area contributed by atoms with Crippen molar-refractivity contribution in [3.8, 4) is 0 Å². The van der Waals surface area contributed by atoms with Gasteiger partial charge in [-0.2, -0.15) is 0 Å². The van der Waals surface area contributed by atoms with E-state index in [1.54, 1.807) is 14.0 Å². The largest absolute Gasteiger partial charge is 0.469 e. The molecule has 134 valence electrons. The first-order chi connectivity index (χ1) is 11.5. The molecule has 0 aliphatic rings. The van der Waals surface area contributed by atoms with Gasteiger partial charge in [-0.05, 0) is 12.5 Å². The van der Waals surface area contributed by atoms with E-state index in [-0.39, 0.29) is 23.9 Å². The highest BCUT2D eigenvalue weighted by Crippen LogP contribution is 2.27. The fraction of sp³-hybridized carbons (Fsp3) is 0.579. The molecule has 1 rings (SSSR count). The summed E-state index contributed by atoms with van der Waals surface area (Å²) >= 11 is 0. The molecule has 0 fully saturated rings. The minimum atomic E-state index is -0.448. The zero-order chi connectivity index (χ0) is 18.1. The van der Waals surface area contributed by atoms with E-state index in [4.69, 9.17) is 14.2 Å². The van der Waals surface area contributed by atoms with Gasteiger partial charge in [0.1, 0.15) is 6.29 Å². The van der Waals surface area contributed by atoms with Gasteiger partial charge in [-0.15, -0.1) is 0 Å². The van der Waals surface area contributed by atoms with Crippen LogP contribution in [0.4, 0.5) is 0 Å². The number of ether oxygens (including phenoxy) is 3. The Bertz CT molecular complexity index is 502. The van der Waals surface area contributed by atoms with Crippen LogP contribution in [0.5, 0.6) is 0 Å². The van der Waals surface area contributed by atoms with Crippen molar-refractivity contribution in [2.24, 2.45) is 17.8 Å². The quantitative estimate of drug-likeness (QED) is 0.486. The van der Waals surface area contributed by atoms with Crippen LogP contribution in [0.15, 0.2) is 30.3 Å². The van der Waals surface area contributed by atoms with Gasteiger partial charge in [0.25, 0.3) is 0 Å². The predicted octanol–water partition coefficient (Wildman–Crippen LogP) is 2.87. The fourth-order valence-corrected chi connectivity index (χ4v) is 3.01. The molecule has 0 saturated carbocycles. The number of hydrogen-bond acceptors (Lipinski definition) is 5. The Hall–Kier alpha value is -1.72. The molecule has 0 saturated heterocycles. The van der Waals surface area contributed by atoms with Gasteiger partial charge in [-0.1, -0.05) is 44.2 Å². The van der Waals surface area contributed by atoms with Gasteiger partial charge in [0.2, 0.25) is 0 Å². The highest BCUT2D eigenvalue weighted by Gasteiger charge is 2.36. The van der Waals surface area contributed by atoms with Crippen molar-refractivity contribution < 1.29 is 23.8 Å². The molecule has 1 aromatic carbocycles. The zero-order valence-corrected chi connectivity index (χ0v) is 15.1. The molecule has 0 unspecified atom stereocenters. The molecule has 0 amide bonds. The molecular weight excluding hydrogens is 308 g/mol. The highest BCUT2D eigenvalue weighted by atomic mass is 16.5. The highest BCUT2D eigenvalue weighted by molar-refractivity contribution is 5.72. The van der Waals surface area contributed by atoms with Crippen LogP contribution in [0.3, 0.4) is 0 Å². The molecule has 1 aromatic rings. The molecule has 5 atom stereocenters. The number of carbonyl (C=O) groups is 2. The standard InChI is InChI=1S/C19H28O5/c1-13(11-20)17(24-12-16-9-7-6-8-10-16)14(2)18(22-4)15(3)19(21)23-5/h6-11,13-15,17-18H,12H2,1-5H3/t13-,14-,15+,17+,18-/m1/s1. The maximum atomic E-state index is 11.8. The van der Waals surface area contributed by atoms with Crippen molar-refractivity contribution >= 4 is 12.3 Å². The Morgan fingerprint density at radius 2 is 1.71 bits per heavy atom. The maximum Gasteiger partial charge on any atom is 0.311 e. The summed E-state index contributed by atoms with van der Waals surface area (Å²) in [6.07, 6.45) is 0.113. The molecule has 5 heteroatoms. The Kier molecular flexibility index (Phi) is 8.65. The van der Waals surface area contributed by atoms with Crippen LogP contribution in [0.25, 0.3) is 0 Å². The topological polar surface area (TPSA) is 61.8 Å².